The van der Waals surface area contributed by atoms with Crippen LogP contribution in [0.4, 0.5) is 23.2 Å². The molecule has 0 saturated carbocycles. The molecule has 0 unspecified atom stereocenters. The molecule has 0 bridgehead atoms. The SMILES string of the molecule is N#Cc1ccc(S(=O)(=O)N2CCCc3c(F)c(F)cc(F)c32)cc1F. The highest BCUT2D eigenvalue weighted by Crippen LogP contribution is 2.37. The zero-order chi connectivity index (χ0) is 18.4. The summed E-state index contributed by atoms with van der Waals surface area (Å²) in [5.41, 5.74) is -1.30. The first-order valence-electron chi connectivity index (χ1n) is 7.16. The van der Waals surface area contributed by atoms with Gasteiger partial charge in [-0.25, -0.2) is 26.0 Å². The third kappa shape index (κ3) is 2.72. The number of fused-ring (bicyclic) bond motifs is 1. The third-order valence-corrected chi connectivity index (χ3v) is 5.72. The van der Waals surface area contributed by atoms with Crippen molar-refractivity contribution in [2.45, 2.75) is 17.7 Å². The summed E-state index contributed by atoms with van der Waals surface area (Å²) in [7, 11) is -4.42. The topological polar surface area (TPSA) is 61.2 Å². The minimum absolute atomic E-state index is 0.0242. The summed E-state index contributed by atoms with van der Waals surface area (Å²) in [6, 6.07) is 4.46. The second kappa shape index (κ2) is 6.04. The zero-order valence-corrected chi connectivity index (χ0v) is 13.4. The van der Waals surface area contributed by atoms with E-state index in [1.165, 1.54) is 0 Å². The Morgan fingerprint density at radius 2 is 1.76 bits per heavy atom. The molecule has 0 atom stereocenters. The van der Waals surface area contributed by atoms with Crippen LogP contribution >= 0.6 is 0 Å². The van der Waals surface area contributed by atoms with Crippen LogP contribution in [-0.4, -0.2) is 15.0 Å². The van der Waals surface area contributed by atoms with Crippen LogP contribution in [-0.2, 0) is 16.4 Å². The van der Waals surface area contributed by atoms with E-state index in [0.29, 0.717) is 10.4 Å². The van der Waals surface area contributed by atoms with Gasteiger partial charge in [-0.1, -0.05) is 0 Å². The minimum atomic E-state index is -4.42. The second-order valence-corrected chi connectivity index (χ2v) is 7.28. The quantitative estimate of drug-likeness (QED) is 0.602. The summed E-state index contributed by atoms with van der Waals surface area (Å²) < 4.78 is 81.3. The number of nitrogens with zero attached hydrogens (tertiary/aromatic N) is 2. The van der Waals surface area contributed by atoms with E-state index in [1.807, 2.05) is 0 Å². The van der Waals surface area contributed by atoms with Crippen molar-refractivity contribution in [3.63, 3.8) is 0 Å². The number of sulfonamides is 1. The summed E-state index contributed by atoms with van der Waals surface area (Å²) in [4.78, 5) is -0.513. The van der Waals surface area contributed by atoms with E-state index in [2.05, 4.69) is 0 Å². The lowest BCUT2D eigenvalue weighted by Gasteiger charge is -2.31. The third-order valence-electron chi connectivity index (χ3n) is 3.93. The first kappa shape index (κ1) is 17.2. The Morgan fingerprint density at radius 3 is 2.40 bits per heavy atom. The van der Waals surface area contributed by atoms with Crippen LogP contribution in [0.15, 0.2) is 29.2 Å². The lowest BCUT2D eigenvalue weighted by atomic mass is 10.0. The highest BCUT2D eigenvalue weighted by atomic mass is 32.2. The molecule has 0 N–H and O–H groups in total. The van der Waals surface area contributed by atoms with Gasteiger partial charge >= 0.3 is 0 Å². The summed E-state index contributed by atoms with van der Waals surface area (Å²) in [6.07, 6.45) is 0.119. The van der Waals surface area contributed by atoms with Crippen molar-refractivity contribution in [1.29, 1.82) is 5.26 Å². The Labute approximate surface area is 141 Å². The molecule has 0 radical (unpaired) electrons. The van der Waals surface area contributed by atoms with Crippen LogP contribution in [0, 0.1) is 34.6 Å². The zero-order valence-electron chi connectivity index (χ0n) is 12.6. The van der Waals surface area contributed by atoms with Crippen molar-refractivity contribution < 1.29 is 26.0 Å². The van der Waals surface area contributed by atoms with Crippen molar-refractivity contribution in [3.05, 3.63) is 58.7 Å². The molecule has 9 heteroatoms. The largest absolute Gasteiger partial charge is 0.264 e. The molecule has 1 heterocycles. The van der Waals surface area contributed by atoms with E-state index in [9.17, 15) is 26.0 Å². The summed E-state index contributed by atoms with van der Waals surface area (Å²) >= 11 is 0. The number of rotatable bonds is 2. The van der Waals surface area contributed by atoms with Gasteiger partial charge in [-0.15, -0.1) is 0 Å². The molecule has 0 fully saturated rings. The maximum Gasteiger partial charge on any atom is 0.264 e. The van der Waals surface area contributed by atoms with E-state index in [0.717, 1.165) is 12.1 Å². The molecule has 0 spiro atoms. The van der Waals surface area contributed by atoms with Gasteiger partial charge in [0.1, 0.15) is 11.9 Å². The molecule has 130 valence electrons. The number of hydrogen-bond acceptors (Lipinski definition) is 3. The first-order valence-corrected chi connectivity index (χ1v) is 8.60. The van der Waals surface area contributed by atoms with Crippen LogP contribution in [0.25, 0.3) is 0 Å². The molecular weight excluding hydrogens is 360 g/mol. The highest BCUT2D eigenvalue weighted by Gasteiger charge is 2.34. The Kier molecular flexibility index (Phi) is 4.16. The van der Waals surface area contributed by atoms with Crippen molar-refractivity contribution in [3.8, 4) is 6.07 Å². The maximum atomic E-state index is 14.2. The molecule has 1 aliphatic rings. The Hall–Kier alpha value is -2.60. The average Bonchev–Trinajstić information content (AvgIpc) is 2.59. The van der Waals surface area contributed by atoms with Gasteiger partial charge in [-0.2, -0.15) is 5.26 Å². The first-order chi connectivity index (χ1) is 11.8. The van der Waals surface area contributed by atoms with Gasteiger partial charge in [-0.3, -0.25) is 4.31 Å². The number of anilines is 1. The summed E-state index contributed by atoms with van der Waals surface area (Å²) in [5.74, 6) is -4.97. The van der Waals surface area contributed by atoms with Crippen molar-refractivity contribution in [1.82, 2.24) is 0 Å². The van der Waals surface area contributed by atoms with Gasteiger partial charge in [0.15, 0.2) is 17.5 Å². The van der Waals surface area contributed by atoms with E-state index in [4.69, 9.17) is 5.26 Å². The van der Waals surface area contributed by atoms with Crippen LogP contribution in [0.2, 0.25) is 0 Å². The van der Waals surface area contributed by atoms with Gasteiger partial charge in [0.2, 0.25) is 0 Å². The molecule has 2 aromatic rings. The molecule has 25 heavy (non-hydrogen) atoms. The molecule has 0 amide bonds. The van der Waals surface area contributed by atoms with Crippen molar-refractivity contribution in [2.24, 2.45) is 0 Å². The van der Waals surface area contributed by atoms with Gasteiger partial charge in [0, 0.05) is 18.2 Å². The Bertz CT molecular complexity index is 1020. The molecule has 0 aromatic heterocycles. The van der Waals surface area contributed by atoms with Gasteiger partial charge in [0.05, 0.1) is 16.1 Å². The number of halogens is 4. The minimum Gasteiger partial charge on any atom is -0.263 e. The monoisotopic (exact) mass is 370 g/mol. The molecule has 0 aliphatic carbocycles. The van der Waals surface area contributed by atoms with Gasteiger partial charge < -0.3 is 0 Å². The van der Waals surface area contributed by atoms with Crippen molar-refractivity contribution in [2.75, 3.05) is 10.8 Å². The fraction of sp³-hybridized carbons (Fsp3) is 0.188. The van der Waals surface area contributed by atoms with Crippen LogP contribution < -0.4 is 4.31 Å². The van der Waals surface area contributed by atoms with E-state index in [-0.39, 0.29) is 36.6 Å². The number of nitriles is 1. The molecule has 3 rings (SSSR count). The fourth-order valence-corrected chi connectivity index (χ4v) is 4.31. The van der Waals surface area contributed by atoms with Crippen molar-refractivity contribution >= 4 is 15.7 Å². The van der Waals surface area contributed by atoms with Crippen LogP contribution in [0.5, 0.6) is 0 Å². The normalized spacial score (nSPS) is 14.1. The Morgan fingerprint density at radius 1 is 1.04 bits per heavy atom. The molecule has 1 aliphatic heterocycles. The van der Waals surface area contributed by atoms with E-state index >= 15 is 0 Å². The maximum absolute atomic E-state index is 14.2. The van der Waals surface area contributed by atoms with Gasteiger partial charge in [-0.05, 0) is 31.0 Å². The highest BCUT2D eigenvalue weighted by molar-refractivity contribution is 7.92. The fourth-order valence-electron chi connectivity index (χ4n) is 2.76. The van der Waals surface area contributed by atoms with E-state index < -0.39 is 43.9 Å². The molecular formula is C16H10F4N2O2S. The lowest BCUT2D eigenvalue weighted by Crippen LogP contribution is -2.37. The number of hydrogen-bond donors (Lipinski definition) is 0. The van der Waals surface area contributed by atoms with E-state index in [1.54, 1.807) is 6.07 Å². The molecule has 2 aromatic carbocycles. The van der Waals surface area contributed by atoms with Crippen LogP contribution in [0.3, 0.4) is 0 Å². The summed E-state index contributed by atoms with van der Waals surface area (Å²) in [6.45, 7) is -0.168. The Balaban J connectivity index is 2.17. The average molecular weight is 370 g/mol. The second-order valence-electron chi connectivity index (χ2n) is 5.42. The lowest BCUT2D eigenvalue weighted by molar-refractivity contribution is 0.479. The molecule has 0 saturated heterocycles. The predicted octanol–water partition coefficient (Wildman–Crippen LogP) is 3.26. The smallest absolute Gasteiger partial charge is 0.263 e. The standard InChI is InChI=1S/C16H10F4N2O2S/c17-12-6-10(4-3-9(12)8-21)25(23,24)22-5-1-2-11-15(20)13(18)7-14(19)16(11)22/h3-4,6-7H,1-2,5H2. The predicted molar refractivity (Wildman–Crippen MR) is 80.3 cm³/mol. The molecule has 4 nitrogen and oxygen atoms in total. The van der Waals surface area contributed by atoms with Gasteiger partial charge in [0.25, 0.3) is 10.0 Å². The van der Waals surface area contributed by atoms with Crippen LogP contribution in [0.1, 0.15) is 17.5 Å². The number of benzene rings is 2. The summed E-state index contributed by atoms with van der Waals surface area (Å²) in [5, 5.41) is 8.71.